The molecule has 9 heteroatoms. The summed E-state index contributed by atoms with van der Waals surface area (Å²) in [5.41, 5.74) is -0.140. The second kappa shape index (κ2) is 4.35. The molecule has 0 atom stereocenters. The first-order chi connectivity index (χ1) is 8.24. The Hall–Kier alpha value is -2.84. The minimum absolute atomic E-state index is 0.0608. The predicted molar refractivity (Wildman–Crippen MR) is 55.5 cm³/mol. The average molecular weight is 234 g/mol. The molecule has 1 aromatic carbocycles. The third-order valence-corrected chi connectivity index (χ3v) is 1.99. The zero-order valence-corrected chi connectivity index (χ0v) is 8.35. The lowest BCUT2D eigenvalue weighted by Crippen LogP contribution is -2.17. The molecule has 0 saturated heterocycles. The Morgan fingerprint density at radius 3 is 2.76 bits per heavy atom. The zero-order chi connectivity index (χ0) is 12.3. The van der Waals surface area contributed by atoms with Crippen LogP contribution in [0.2, 0.25) is 0 Å². The van der Waals surface area contributed by atoms with Crippen molar-refractivity contribution in [3.05, 3.63) is 34.4 Å². The highest BCUT2D eigenvalue weighted by Crippen LogP contribution is 2.29. The van der Waals surface area contributed by atoms with Crippen LogP contribution in [0.25, 0.3) is 0 Å². The smallest absolute Gasteiger partial charge is 0.278 e. The Morgan fingerprint density at radius 2 is 2.18 bits per heavy atom. The molecule has 0 saturated carbocycles. The van der Waals surface area contributed by atoms with Gasteiger partial charge in [-0.2, -0.15) is 5.21 Å². The molecular weight excluding hydrogens is 228 g/mol. The molecule has 9 nitrogen and oxygen atoms in total. The van der Waals surface area contributed by atoms with Crippen molar-refractivity contribution >= 4 is 23.7 Å². The predicted octanol–water partition coefficient (Wildman–Crippen LogP) is 0.402. The molecule has 0 bridgehead atoms. The van der Waals surface area contributed by atoms with Crippen LogP contribution >= 0.6 is 0 Å². The monoisotopic (exact) mass is 234 g/mol. The van der Waals surface area contributed by atoms with E-state index in [1.165, 1.54) is 18.2 Å². The molecule has 1 amide bonds. The van der Waals surface area contributed by atoms with Crippen molar-refractivity contribution in [2.45, 2.75) is 0 Å². The standard InChI is InChI=1S/C8H6N6O3/c15-5-13(8-9-11-12-10-8)6-3-1-2-4-7(6)14(16)17/h1-5H,(H,9,10,11,12). The molecule has 17 heavy (non-hydrogen) atoms. The van der Waals surface area contributed by atoms with Gasteiger partial charge in [-0.3, -0.25) is 14.9 Å². The van der Waals surface area contributed by atoms with E-state index >= 15 is 0 Å². The number of carbonyl (C=O) groups is 1. The Bertz CT molecular complexity index is 540. The highest BCUT2D eigenvalue weighted by atomic mass is 16.6. The van der Waals surface area contributed by atoms with Crippen LogP contribution in [0.4, 0.5) is 17.3 Å². The summed E-state index contributed by atoms with van der Waals surface area (Å²) in [6, 6.07) is 5.77. The van der Waals surface area contributed by atoms with Gasteiger partial charge in [-0.05, 0) is 11.3 Å². The van der Waals surface area contributed by atoms with Crippen molar-refractivity contribution in [3.63, 3.8) is 0 Å². The summed E-state index contributed by atoms with van der Waals surface area (Å²) in [5.74, 6) is -0.0608. The SMILES string of the molecule is O=CN(c1nn[nH]n1)c1ccccc1[N+](=O)[O-]. The summed E-state index contributed by atoms with van der Waals surface area (Å²) in [6.07, 6.45) is 0.382. The van der Waals surface area contributed by atoms with E-state index in [9.17, 15) is 14.9 Å². The lowest BCUT2D eigenvalue weighted by molar-refractivity contribution is -0.384. The average Bonchev–Trinajstić information content (AvgIpc) is 2.84. The Kier molecular flexibility index (Phi) is 2.73. The number of para-hydroxylation sites is 2. The number of H-pyrrole nitrogens is 1. The molecule has 0 unspecified atom stereocenters. The molecule has 1 N–H and O–H groups in total. The Balaban J connectivity index is 2.51. The van der Waals surface area contributed by atoms with Crippen LogP contribution in [0.15, 0.2) is 24.3 Å². The van der Waals surface area contributed by atoms with Crippen LogP contribution in [0.3, 0.4) is 0 Å². The van der Waals surface area contributed by atoms with Gasteiger partial charge in [0.2, 0.25) is 6.41 Å². The number of aromatic amines is 1. The molecule has 0 fully saturated rings. The maximum atomic E-state index is 11.0. The van der Waals surface area contributed by atoms with Crippen LogP contribution in [0, 0.1) is 10.1 Å². The number of nitro groups is 1. The van der Waals surface area contributed by atoms with Gasteiger partial charge in [0.25, 0.3) is 11.6 Å². The molecule has 0 aliphatic heterocycles. The quantitative estimate of drug-likeness (QED) is 0.464. The number of amides is 1. The van der Waals surface area contributed by atoms with Gasteiger partial charge < -0.3 is 0 Å². The van der Waals surface area contributed by atoms with Gasteiger partial charge in [-0.1, -0.05) is 17.2 Å². The molecule has 0 radical (unpaired) electrons. The topological polar surface area (TPSA) is 118 Å². The third-order valence-electron chi connectivity index (χ3n) is 1.99. The molecule has 0 aliphatic rings. The second-order valence-electron chi connectivity index (χ2n) is 2.93. The van der Waals surface area contributed by atoms with Gasteiger partial charge in [0.15, 0.2) is 0 Å². The van der Waals surface area contributed by atoms with Crippen LogP contribution in [0.1, 0.15) is 0 Å². The largest absolute Gasteiger partial charge is 0.293 e. The van der Waals surface area contributed by atoms with Crippen molar-refractivity contribution in [1.29, 1.82) is 0 Å². The summed E-state index contributed by atoms with van der Waals surface area (Å²) in [6.45, 7) is 0. The number of tetrazole rings is 1. The number of nitro benzene ring substituents is 1. The van der Waals surface area contributed by atoms with Crippen molar-refractivity contribution in [2.24, 2.45) is 0 Å². The fraction of sp³-hybridized carbons (Fsp3) is 0. The van der Waals surface area contributed by atoms with Gasteiger partial charge in [-0.15, -0.1) is 5.10 Å². The molecule has 0 aliphatic carbocycles. The van der Waals surface area contributed by atoms with Crippen molar-refractivity contribution < 1.29 is 9.72 Å². The fourth-order valence-electron chi connectivity index (χ4n) is 1.29. The first-order valence-electron chi connectivity index (χ1n) is 4.45. The van der Waals surface area contributed by atoms with Crippen LogP contribution in [0.5, 0.6) is 0 Å². The van der Waals surface area contributed by atoms with E-state index in [0.29, 0.717) is 6.41 Å². The first kappa shape index (κ1) is 10.7. The van der Waals surface area contributed by atoms with Gasteiger partial charge in [0.1, 0.15) is 5.69 Å². The van der Waals surface area contributed by atoms with E-state index in [4.69, 9.17) is 0 Å². The molecular formula is C8H6N6O3. The van der Waals surface area contributed by atoms with Crippen molar-refractivity contribution in [3.8, 4) is 0 Å². The van der Waals surface area contributed by atoms with E-state index in [-0.39, 0.29) is 17.3 Å². The number of carbonyl (C=O) groups excluding carboxylic acids is 1. The van der Waals surface area contributed by atoms with E-state index in [1.807, 2.05) is 0 Å². The fourth-order valence-corrected chi connectivity index (χ4v) is 1.29. The molecule has 2 aromatic rings. The summed E-state index contributed by atoms with van der Waals surface area (Å²) in [7, 11) is 0. The lowest BCUT2D eigenvalue weighted by atomic mass is 10.2. The lowest BCUT2D eigenvalue weighted by Gasteiger charge is -2.11. The Labute approximate surface area is 94.2 Å². The summed E-state index contributed by atoms with van der Waals surface area (Å²) in [5, 5.41) is 23.4. The zero-order valence-electron chi connectivity index (χ0n) is 8.35. The maximum Gasteiger partial charge on any atom is 0.293 e. The summed E-state index contributed by atoms with van der Waals surface area (Å²) >= 11 is 0. The molecule has 86 valence electrons. The van der Waals surface area contributed by atoms with Crippen molar-refractivity contribution in [1.82, 2.24) is 20.6 Å². The summed E-state index contributed by atoms with van der Waals surface area (Å²) < 4.78 is 0. The first-order valence-corrected chi connectivity index (χ1v) is 4.45. The number of hydrogen-bond donors (Lipinski definition) is 1. The highest BCUT2D eigenvalue weighted by molar-refractivity contribution is 5.87. The van der Waals surface area contributed by atoms with Crippen molar-refractivity contribution in [2.75, 3.05) is 4.90 Å². The minimum Gasteiger partial charge on any atom is -0.278 e. The molecule has 0 spiro atoms. The minimum atomic E-state index is -0.591. The maximum absolute atomic E-state index is 11.0. The van der Waals surface area contributed by atoms with E-state index in [1.54, 1.807) is 6.07 Å². The molecule has 1 heterocycles. The number of benzene rings is 1. The van der Waals surface area contributed by atoms with Gasteiger partial charge in [-0.25, -0.2) is 4.90 Å². The summed E-state index contributed by atoms with van der Waals surface area (Å²) in [4.78, 5) is 22.1. The van der Waals surface area contributed by atoms with Crippen LogP contribution < -0.4 is 4.90 Å². The number of aromatic nitrogens is 4. The number of anilines is 2. The van der Waals surface area contributed by atoms with E-state index < -0.39 is 4.92 Å². The van der Waals surface area contributed by atoms with Gasteiger partial charge in [0.05, 0.1) is 4.92 Å². The number of nitrogens with one attached hydrogen (secondary N) is 1. The van der Waals surface area contributed by atoms with Gasteiger partial charge >= 0.3 is 0 Å². The molecule has 1 aromatic heterocycles. The molecule has 2 rings (SSSR count). The second-order valence-corrected chi connectivity index (χ2v) is 2.93. The number of nitrogens with zero attached hydrogens (tertiary/aromatic N) is 5. The Morgan fingerprint density at radius 1 is 1.41 bits per heavy atom. The van der Waals surface area contributed by atoms with E-state index in [2.05, 4.69) is 20.6 Å². The number of hydrogen-bond acceptors (Lipinski definition) is 6. The third kappa shape index (κ3) is 1.93. The normalized spacial score (nSPS) is 9.88. The van der Waals surface area contributed by atoms with Crippen LogP contribution in [-0.4, -0.2) is 32.0 Å². The number of rotatable bonds is 4. The van der Waals surface area contributed by atoms with Crippen LogP contribution in [-0.2, 0) is 4.79 Å². The van der Waals surface area contributed by atoms with Gasteiger partial charge in [0, 0.05) is 6.07 Å². The highest BCUT2D eigenvalue weighted by Gasteiger charge is 2.22. The van der Waals surface area contributed by atoms with E-state index in [0.717, 1.165) is 4.90 Å².